The summed E-state index contributed by atoms with van der Waals surface area (Å²) in [6.45, 7) is -0.0971. The lowest BCUT2D eigenvalue weighted by atomic mass is 10.2. The van der Waals surface area contributed by atoms with Gasteiger partial charge in [-0.15, -0.1) is 10.2 Å². The van der Waals surface area contributed by atoms with Gasteiger partial charge in [0.2, 0.25) is 11.7 Å². The molecule has 1 aromatic carbocycles. The molecule has 1 fully saturated rings. The summed E-state index contributed by atoms with van der Waals surface area (Å²) in [6, 6.07) is 7.08. The van der Waals surface area contributed by atoms with E-state index >= 15 is 0 Å². The first-order valence-electron chi connectivity index (χ1n) is 6.95. The molecule has 10 heteroatoms. The molecule has 1 saturated heterocycles. The predicted octanol–water partition coefficient (Wildman–Crippen LogP) is 0.406. The number of sulfone groups is 1. The minimum Gasteiger partial charge on any atom is -0.351 e. The number of carbonyl (C=O) groups is 1. The standard InChI is InChI=1S/C13H14BrN5O3S/c14-10-3-1-9(2-4-10)13-16-18-19(17-13)7-12(20)15-11-5-6-23(21,22)8-11/h1-4,11H,5-8H2,(H,15,20)/t11-/m1/s1. The molecule has 8 nitrogen and oxygen atoms in total. The molecule has 1 N–H and O–H groups in total. The highest BCUT2D eigenvalue weighted by Crippen LogP contribution is 2.17. The molecule has 1 aliphatic rings. The molecule has 1 aromatic heterocycles. The van der Waals surface area contributed by atoms with E-state index in [0.717, 1.165) is 10.0 Å². The van der Waals surface area contributed by atoms with Crippen molar-refractivity contribution >= 4 is 31.7 Å². The average Bonchev–Trinajstić information content (AvgIpc) is 3.06. The number of aromatic nitrogens is 4. The van der Waals surface area contributed by atoms with Gasteiger partial charge >= 0.3 is 0 Å². The second kappa shape index (κ2) is 6.36. The highest BCUT2D eigenvalue weighted by atomic mass is 79.9. The largest absolute Gasteiger partial charge is 0.351 e. The maximum Gasteiger partial charge on any atom is 0.243 e. The molecular formula is C13H14BrN5O3S. The molecule has 3 rings (SSSR count). The third kappa shape index (κ3) is 4.14. The first-order chi connectivity index (χ1) is 10.9. The van der Waals surface area contributed by atoms with Gasteiger partial charge in [0.05, 0.1) is 11.5 Å². The van der Waals surface area contributed by atoms with Crippen molar-refractivity contribution in [2.75, 3.05) is 11.5 Å². The molecule has 0 spiro atoms. The quantitative estimate of drug-likeness (QED) is 0.797. The highest BCUT2D eigenvalue weighted by molar-refractivity contribution is 9.10. The van der Waals surface area contributed by atoms with E-state index in [2.05, 4.69) is 36.7 Å². The second-order valence-corrected chi connectivity index (χ2v) is 8.46. The van der Waals surface area contributed by atoms with E-state index in [1.807, 2.05) is 24.3 Å². The van der Waals surface area contributed by atoms with Crippen molar-refractivity contribution in [1.82, 2.24) is 25.5 Å². The third-order valence-electron chi connectivity index (χ3n) is 3.44. The predicted molar refractivity (Wildman–Crippen MR) is 86.2 cm³/mol. The lowest BCUT2D eigenvalue weighted by Crippen LogP contribution is -2.38. The molecule has 1 atom stereocenters. The fourth-order valence-electron chi connectivity index (χ4n) is 2.34. The fraction of sp³-hybridized carbons (Fsp3) is 0.385. The van der Waals surface area contributed by atoms with E-state index in [4.69, 9.17) is 0 Å². The van der Waals surface area contributed by atoms with Gasteiger partial charge in [-0.1, -0.05) is 15.9 Å². The van der Waals surface area contributed by atoms with E-state index in [1.54, 1.807) is 0 Å². The lowest BCUT2D eigenvalue weighted by Gasteiger charge is -2.09. The molecular weight excluding hydrogens is 386 g/mol. The second-order valence-electron chi connectivity index (χ2n) is 5.32. The van der Waals surface area contributed by atoms with Crippen molar-refractivity contribution in [2.24, 2.45) is 0 Å². The number of nitrogens with one attached hydrogen (secondary N) is 1. The Morgan fingerprint density at radius 3 is 2.74 bits per heavy atom. The van der Waals surface area contributed by atoms with Gasteiger partial charge in [-0.3, -0.25) is 4.79 Å². The van der Waals surface area contributed by atoms with E-state index in [9.17, 15) is 13.2 Å². The van der Waals surface area contributed by atoms with Crippen LogP contribution in [-0.2, 0) is 21.2 Å². The van der Waals surface area contributed by atoms with Gasteiger partial charge in [0.25, 0.3) is 0 Å². The number of tetrazole rings is 1. The first kappa shape index (κ1) is 16.1. The molecule has 1 aliphatic heterocycles. The minimum atomic E-state index is -3.02. The maximum absolute atomic E-state index is 11.9. The molecule has 1 amide bonds. The molecule has 2 heterocycles. The highest BCUT2D eigenvalue weighted by Gasteiger charge is 2.29. The average molecular weight is 400 g/mol. The van der Waals surface area contributed by atoms with Crippen LogP contribution < -0.4 is 5.32 Å². The molecule has 0 saturated carbocycles. The normalized spacial score (nSPS) is 19.6. The molecule has 0 bridgehead atoms. The number of benzene rings is 1. The molecule has 0 aliphatic carbocycles. The van der Waals surface area contributed by atoms with Crippen molar-refractivity contribution in [3.05, 3.63) is 28.7 Å². The zero-order valence-electron chi connectivity index (χ0n) is 12.0. The van der Waals surface area contributed by atoms with Crippen LogP contribution in [0.15, 0.2) is 28.7 Å². The summed E-state index contributed by atoms with van der Waals surface area (Å²) in [4.78, 5) is 13.1. The Labute approximate surface area is 141 Å². The van der Waals surface area contributed by atoms with Gasteiger partial charge in [0, 0.05) is 16.1 Å². The van der Waals surface area contributed by atoms with Gasteiger partial charge in [0.15, 0.2) is 9.84 Å². The summed E-state index contributed by atoms with van der Waals surface area (Å²) < 4.78 is 23.7. The van der Waals surface area contributed by atoms with Gasteiger partial charge in [-0.2, -0.15) is 4.80 Å². The minimum absolute atomic E-state index is 0.00628. The summed E-state index contributed by atoms with van der Waals surface area (Å²) in [7, 11) is -3.02. The van der Waals surface area contributed by atoms with E-state index in [0.29, 0.717) is 12.2 Å². The fourth-order valence-corrected chi connectivity index (χ4v) is 4.27. The van der Waals surface area contributed by atoms with Crippen LogP contribution in [0.4, 0.5) is 0 Å². The van der Waals surface area contributed by atoms with Gasteiger partial charge in [-0.25, -0.2) is 8.42 Å². The van der Waals surface area contributed by atoms with E-state index in [1.165, 1.54) is 4.80 Å². The number of hydrogen-bond donors (Lipinski definition) is 1. The summed E-state index contributed by atoms with van der Waals surface area (Å²) >= 11 is 3.35. The smallest absolute Gasteiger partial charge is 0.243 e. The van der Waals surface area contributed by atoms with Crippen LogP contribution in [0.1, 0.15) is 6.42 Å². The maximum atomic E-state index is 11.9. The molecule has 23 heavy (non-hydrogen) atoms. The Morgan fingerprint density at radius 2 is 2.09 bits per heavy atom. The number of amides is 1. The SMILES string of the molecule is O=C(Cn1nnc(-c2ccc(Br)cc2)n1)N[C@@H]1CCS(=O)(=O)C1. The third-order valence-corrected chi connectivity index (χ3v) is 5.73. The van der Waals surface area contributed by atoms with E-state index < -0.39 is 9.84 Å². The molecule has 122 valence electrons. The Bertz CT molecular complexity index is 818. The Kier molecular flexibility index (Phi) is 4.44. The lowest BCUT2D eigenvalue weighted by molar-refractivity contribution is -0.122. The Balaban J connectivity index is 1.60. The van der Waals surface area contributed by atoms with Crippen molar-refractivity contribution in [3.63, 3.8) is 0 Å². The molecule has 2 aromatic rings. The van der Waals surface area contributed by atoms with Crippen LogP contribution in [0.3, 0.4) is 0 Å². The zero-order chi connectivity index (χ0) is 16.4. The zero-order valence-corrected chi connectivity index (χ0v) is 14.4. The topological polar surface area (TPSA) is 107 Å². The monoisotopic (exact) mass is 399 g/mol. The number of nitrogens with zero attached hydrogens (tertiary/aromatic N) is 4. The van der Waals surface area contributed by atoms with Crippen LogP contribution >= 0.6 is 15.9 Å². The van der Waals surface area contributed by atoms with Crippen LogP contribution in [0.25, 0.3) is 11.4 Å². The first-order valence-corrected chi connectivity index (χ1v) is 9.56. The van der Waals surface area contributed by atoms with E-state index in [-0.39, 0.29) is 30.0 Å². The van der Waals surface area contributed by atoms with Crippen LogP contribution in [-0.4, -0.2) is 52.1 Å². The number of rotatable bonds is 4. The Morgan fingerprint density at radius 1 is 1.35 bits per heavy atom. The number of halogens is 1. The van der Waals surface area contributed by atoms with Crippen molar-refractivity contribution in [3.8, 4) is 11.4 Å². The summed E-state index contributed by atoms with van der Waals surface area (Å²) in [5, 5.41) is 14.6. The van der Waals surface area contributed by atoms with Crippen molar-refractivity contribution < 1.29 is 13.2 Å². The number of carbonyl (C=O) groups excluding carboxylic acids is 1. The summed E-state index contributed by atoms with van der Waals surface area (Å²) in [5.74, 6) is 0.210. The summed E-state index contributed by atoms with van der Waals surface area (Å²) in [5.41, 5.74) is 0.793. The van der Waals surface area contributed by atoms with Crippen molar-refractivity contribution in [1.29, 1.82) is 0 Å². The van der Waals surface area contributed by atoms with Gasteiger partial charge in [-0.05, 0) is 35.9 Å². The van der Waals surface area contributed by atoms with Crippen LogP contribution in [0, 0.1) is 0 Å². The van der Waals surface area contributed by atoms with Gasteiger partial charge in [0.1, 0.15) is 6.54 Å². The van der Waals surface area contributed by atoms with Gasteiger partial charge < -0.3 is 5.32 Å². The molecule has 0 radical (unpaired) electrons. The van der Waals surface area contributed by atoms with Crippen LogP contribution in [0.5, 0.6) is 0 Å². The van der Waals surface area contributed by atoms with Crippen LogP contribution in [0.2, 0.25) is 0 Å². The molecule has 0 unspecified atom stereocenters. The number of hydrogen-bond acceptors (Lipinski definition) is 6. The van der Waals surface area contributed by atoms with Crippen molar-refractivity contribution in [2.45, 2.75) is 19.0 Å². The Hall–Kier alpha value is -1.81. The summed E-state index contributed by atoms with van der Waals surface area (Å²) in [6.07, 6.45) is 0.447.